The molecule has 0 radical (unpaired) electrons. The van der Waals surface area contributed by atoms with Crippen molar-refractivity contribution in [3.05, 3.63) is 24.3 Å². The molecule has 2 rings (SSSR count). The fourth-order valence-corrected chi connectivity index (χ4v) is 3.32. The molecule has 1 heterocycles. The summed E-state index contributed by atoms with van der Waals surface area (Å²) in [5.41, 5.74) is -0.252. The van der Waals surface area contributed by atoms with Crippen LogP contribution in [0.4, 0.5) is 0 Å². The smallest absolute Gasteiger partial charge is 0.235 e. The van der Waals surface area contributed by atoms with Crippen molar-refractivity contribution < 1.29 is 14.3 Å². The van der Waals surface area contributed by atoms with Crippen molar-refractivity contribution in [2.45, 2.75) is 36.5 Å². The van der Waals surface area contributed by atoms with E-state index in [2.05, 4.69) is 0 Å². The Morgan fingerprint density at radius 1 is 1.38 bits per heavy atom. The zero-order valence-electron chi connectivity index (χ0n) is 13.1. The van der Waals surface area contributed by atoms with E-state index in [0.717, 1.165) is 10.6 Å². The van der Waals surface area contributed by atoms with Crippen LogP contribution >= 0.6 is 11.8 Å². The highest BCUT2D eigenvalue weighted by Gasteiger charge is 2.32. The van der Waals surface area contributed by atoms with Crippen LogP contribution in [0.15, 0.2) is 29.2 Å². The first-order chi connectivity index (χ1) is 9.91. The minimum atomic E-state index is -0.252. The van der Waals surface area contributed by atoms with Gasteiger partial charge < -0.3 is 14.4 Å². The van der Waals surface area contributed by atoms with E-state index < -0.39 is 0 Å². The van der Waals surface area contributed by atoms with Gasteiger partial charge in [-0.05, 0) is 45.0 Å². The maximum Gasteiger partial charge on any atom is 0.235 e. The highest BCUT2D eigenvalue weighted by atomic mass is 32.2. The predicted molar refractivity (Wildman–Crippen MR) is 84.9 cm³/mol. The molecule has 1 aliphatic heterocycles. The quantitative estimate of drug-likeness (QED) is 0.802. The van der Waals surface area contributed by atoms with E-state index in [1.807, 2.05) is 49.9 Å². The number of thioether (sulfide) groups is 1. The molecule has 116 valence electrons. The molecular formula is C16H23NO3S. The molecule has 21 heavy (non-hydrogen) atoms. The van der Waals surface area contributed by atoms with Crippen LogP contribution in [0.1, 0.15) is 20.8 Å². The zero-order valence-corrected chi connectivity index (χ0v) is 13.9. The molecule has 1 aliphatic rings. The van der Waals surface area contributed by atoms with Crippen LogP contribution in [0.2, 0.25) is 0 Å². The van der Waals surface area contributed by atoms with Crippen LogP contribution in [0, 0.1) is 0 Å². The van der Waals surface area contributed by atoms with Gasteiger partial charge in [0, 0.05) is 18.0 Å². The summed E-state index contributed by atoms with van der Waals surface area (Å²) < 4.78 is 10.8. The molecule has 0 N–H and O–H groups in total. The Kier molecular flexibility index (Phi) is 5.17. The number of amides is 1. The number of morpholine rings is 1. The molecular weight excluding hydrogens is 286 g/mol. The number of nitrogens with zero attached hydrogens (tertiary/aromatic N) is 1. The number of methoxy groups -OCH3 is 1. The summed E-state index contributed by atoms with van der Waals surface area (Å²) in [6.45, 7) is 7.94. The Hall–Kier alpha value is -1.20. The van der Waals surface area contributed by atoms with E-state index in [4.69, 9.17) is 9.47 Å². The van der Waals surface area contributed by atoms with Gasteiger partial charge in [-0.3, -0.25) is 4.79 Å². The summed E-state index contributed by atoms with van der Waals surface area (Å²) >= 11 is 1.58. The number of benzene rings is 1. The first-order valence-electron chi connectivity index (χ1n) is 7.15. The average molecular weight is 309 g/mol. The van der Waals surface area contributed by atoms with Gasteiger partial charge in [-0.15, -0.1) is 11.8 Å². The number of carbonyl (C=O) groups excluding carboxylic acids is 1. The maximum atomic E-state index is 12.5. The van der Waals surface area contributed by atoms with E-state index in [1.165, 1.54) is 0 Å². The van der Waals surface area contributed by atoms with Crippen LogP contribution in [-0.4, -0.2) is 48.5 Å². The van der Waals surface area contributed by atoms with Crippen LogP contribution < -0.4 is 4.74 Å². The normalized spacial score (nSPS) is 19.1. The Balaban J connectivity index is 1.95. The molecule has 0 aliphatic carbocycles. The van der Waals surface area contributed by atoms with Crippen molar-refractivity contribution in [2.75, 3.05) is 26.8 Å². The third-order valence-corrected chi connectivity index (χ3v) is 4.56. The number of carbonyl (C=O) groups is 1. The van der Waals surface area contributed by atoms with Gasteiger partial charge in [-0.25, -0.2) is 0 Å². The second kappa shape index (κ2) is 6.71. The molecule has 1 aromatic rings. The zero-order chi connectivity index (χ0) is 15.5. The van der Waals surface area contributed by atoms with E-state index in [-0.39, 0.29) is 16.8 Å². The van der Waals surface area contributed by atoms with Crippen molar-refractivity contribution in [2.24, 2.45) is 0 Å². The summed E-state index contributed by atoms with van der Waals surface area (Å²) in [5.74, 6) is 1.00. The third kappa shape index (κ3) is 4.38. The van der Waals surface area contributed by atoms with Gasteiger partial charge in [0.2, 0.25) is 5.91 Å². The van der Waals surface area contributed by atoms with Crippen molar-refractivity contribution in [1.82, 2.24) is 4.90 Å². The molecule has 1 amide bonds. The topological polar surface area (TPSA) is 38.8 Å². The summed E-state index contributed by atoms with van der Waals surface area (Å²) in [6.07, 6.45) is 0. The lowest BCUT2D eigenvalue weighted by Gasteiger charge is -2.39. The van der Waals surface area contributed by atoms with Crippen molar-refractivity contribution >= 4 is 17.7 Å². The van der Waals surface area contributed by atoms with Crippen LogP contribution in [0.5, 0.6) is 5.75 Å². The first-order valence-corrected chi connectivity index (χ1v) is 8.03. The fraction of sp³-hybridized carbons (Fsp3) is 0.562. The van der Waals surface area contributed by atoms with Gasteiger partial charge in [-0.2, -0.15) is 0 Å². The van der Waals surface area contributed by atoms with Crippen LogP contribution in [-0.2, 0) is 9.53 Å². The second-order valence-corrected chi connectivity index (χ2v) is 7.22. The van der Waals surface area contributed by atoms with E-state index in [0.29, 0.717) is 19.7 Å². The number of rotatable bonds is 4. The lowest BCUT2D eigenvalue weighted by atomic mass is 10.1. The average Bonchev–Trinajstić information content (AvgIpc) is 2.46. The molecule has 5 heteroatoms. The lowest BCUT2D eigenvalue weighted by Crippen LogP contribution is -2.52. The SMILES string of the molecule is COc1ccc(SC(C)C(=O)N2CCOC(C)(C)C2)cc1. The molecule has 0 saturated carbocycles. The van der Waals surface area contributed by atoms with Crippen LogP contribution in [0.25, 0.3) is 0 Å². The van der Waals surface area contributed by atoms with E-state index in [1.54, 1.807) is 18.9 Å². The number of ether oxygens (including phenoxy) is 2. The Morgan fingerprint density at radius 3 is 2.62 bits per heavy atom. The van der Waals surface area contributed by atoms with Crippen molar-refractivity contribution in [3.63, 3.8) is 0 Å². The summed E-state index contributed by atoms with van der Waals surface area (Å²) in [4.78, 5) is 15.5. The minimum absolute atomic E-state index is 0.104. The highest BCUT2D eigenvalue weighted by Crippen LogP contribution is 2.27. The summed E-state index contributed by atoms with van der Waals surface area (Å²) in [5, 5.41) is -0.104. The third-order valence-electron chi connectivity index (χ3n) is 3.46. The van der Waals surface area contributed by atoms with E-state index in [9.17, 15) is 4.79 Å². The molecule has 1 saturated heterocycles. The van der Waals surface area contributed by atoms with Gasteiger partial charge in [0.05, 0.1) is 24.6 Å². The standard InChI is InChI=1S/C16H23NO3S/c1-12(21-14-7-5-13(19-4)6-8-14)15(18)17-9-10-20-16(2,3)11-17/h5-8,12H,9-11H2,1-4H3. The largest absolute Gasteiger partial charge is 0.497 e. The first kappa shape index (κ1) is 16.2. The second-order valence-electron chi connectivity index (χ2n) is 5.80. The molecule has 1 fully saturated rings. The molecule has 1 aromatic carbocycles. The Labute approximate surface area is 130 Å². The maximum absolute atomic E-state index is 12.5. The Morgan fingerprint density at radius 2 is 2.05 bits per heavy atom. The van der Waals surface area contributed by atoms with Gasteiger partial charge in [0.25, 0.3) is 0 Å². The molecule has 4 nitrogen and oxygen atoms in total. The minimum Gasteiger partial charge on any atom is -0.497 e. The Bertz CT molecular complexity index is 487. The highest BCUT2D eigenvalue weighted by molar-refractivity contribution is 8.00. The van der Waals surface area contributed by atoms with Gasteiger partial charge >= 0.3 is 0 Å². The summed E-state index contributed by atoms with van der Waals surface area (Å²) in [7, 11) is 1.65. The lowest BCUT2D eigenvalue weighted by molar-refractivity contribution is -0.145. The van der Waals surface area contributed by atoms with Gasteiger partial charge in [-0.1, -0.05) is 0 Å². The van der Waals surface area contributed by atoms with Gasteiger partial charge in [0.15, 0.2) is 0 Å². The van der Waals surface area contributed by atoms with Crippen LogP contribution in [0.3, 0.4) is 0 Å². The van der Waals surface area contributed by atoms with Crippen molar-refractivity contribution in [3.8, 4) is 5.75 Å². The van der Waals surface area contributed by atoms with E-state index >= 15 is 0 Å². The van der Waals surface area contributed by atoms with Gasteiger partial charge in [0.1, 0.15) is 5.75 Å². The number of hydrogen-bond donors (Lipinski definition) is 0. The van der Waals surface area contributed by atoms with Crippen molar-refractivity contribution in [1.29, 1.82) is 0 Å². The summed E-state index contributed by atoms with van der Waals surface area (Å²) in [6, 6.07) is 7.79. The molecule has 1 atom stereocenters. The predicted octanol–water partition coefficient (Wildman–Crippen LogP) is 2.81. The molecule has 0 bridgehead atoms. The number of hydrogen-bond acceptors (Lipinski definition) is 4. The fourth-order valence-electron chi connectivity index (χ4n) is 2.37. The molecule has 0 aromatic heterocycles. The molecule has 1 unspecified atom stereocenters. The monoisotopic (exact) mass is 309 g/mol. The molecule has 0 spiro atoms.